The van der Waals surface area contributed by atoms with E-state index in [1.165, 1.54) is 49.0 Å². The molecule has 2 aromatic rings. The van der Waals surface area contributed by atoms with Gasteiger partial charge < -0.3 is 9.88 Å². The number of aryl methyl sites for hydroxylation is 1. The summed E-state index contributed by atoms with van der Waals surface area (Å²) in [4.78, 5) is 4.95. The topological polar surface area (TPSA) is 29.9 Å². The zero-order valence-corrected chi connectivity index (χ0v) is 12.8. The molecule has 1 N–H and O–H groups in total. The quantitative estimate of drug-likeness (QED) is 0.917. The van der Waals surface area contributed by atoms with Gasteiger partial charge in [-0.3, -0.25) is 0 Å². The van der Waals surface area contributed by atoms with Crippen LogP contribution in [0, 0.1) is 0 Å². The monoisotopic (exact) mass is 271 g/mol. The molecule has 0 amide bonds. The molecule has 0 bridgehead atoms. The van der Waals surface area contributed by atoms with E-state index in [1.807, 2.05) is 7.05 Å². The van der Waals surface area contributed by atoms with Gasteiger partial charge in [-0.15, -0.1) is 0 Å². The predicted molar refractivity (Wildman–Crippen MR) is 84.0 cm³/mol. The Bertz CT molecular complexity index is 594. The first-order chi connectivity index (χ1) is 9.70. The predicted octanol–water partition coefficient (Wildman–Crippen LogP) is 3.90. The van der Waals surface area contributed by atoms with E-state index in [0.29, 0.717) is 12.0 Å². The minimum atomic E-state index is 0.375. The van der Waals surface area contributed by atoms with Crippen LogP contribution in [0.15, 0.2) is 18.2 Å². The molecule has 1 aromatic carbocycles. The normalized spacial score (nSPS) is 18.6. The molecule has 1 aliphatic carbocycles. The largest absolute Gasteiger partial charge is 0.331 e. The standard InChI is InChI=1S/C17H25N3/c1-12(18-2)14-9-10-16-15(11-14)19-17(20(16)3)13-7-5-4-6-8-13/h9-13,18H,4-8H2,1-3H3. The number of aromatic nitrogens is 2. The van der Waals surface area contributed by atoms with Gasteiger partial charge in [0, 0.05) is 19.0 Å². The van der Waals surface area contributed by atoms with Crippen LogP contribution in [0.5, 0.6) is 0 Å². The summed E-state index contributed by atoms with van der Waals surface area (Å²) < 4.78 is 2.30. The third-order valence-corrected chi connectivity index (χ3v) is 4.84. The fraction of sp³-hybridized carbons (Fsp3) is 0.588. The van der Waals surface area contributed by atoms with Crippen molar-refractivity contribution in [2.75, 3.05) is 7.05 Å². The van der Waals surface area contributed by atoms with Crippen molar-refractivity contribution in [2.45, 2.75) is 51.0 Å². The van der Waals surface area contributed by atoms with Crippen LogP contribution >= 0.6 is 0 Å². The highest BCUT2D eigenvalue weighted by atomic mass is 15.1. The van der Waals surface area contributed by atoms with Crippen molar-refractivity contribution in [3.8, 4) is 0 Å². The third-order valence-electron chi connectivity index (χ3n) is 4.84. The molecule has 1 aromatic heterocycles. The van der Waals surface area contributed by atoms with E-state index in [-0.39, 0.29) is 0 Å². The third kappa shape index (κ3) is 2.35. The van der Waals surface area contributed by atoms with Gasteiger partial charge in [0.2, 0.25) is 0 Å². The molecule has 3 nitrogen and oxygen atoms in total. The van der Waals surface area contributed by atoms with E-state index in [2.05, 4.69) is 42.1 Å². The number of hydrogen-bond acceptors (Lipinski definition) is 2. The van der Waals surface area contributed by atoms with Gasteiger partial charge in [0.25, 0.3) is 0 Å². The molecule has 1 aliphatic rings. The fourth-order valence-corrected chi connectivity index (χ4v) is 3.40. The van der Waals surface area contributed by atoms with Gasteiger partial charge in [-0.05, 0) is 44.5 Å². The second-order valence-corrected chi connectivity index (χ2v) is 6.12. The van der Waals surface area contributed by atoms with Crippen LogP contribution in [0.25, 0.3) is 11.0 Å². The van der Waals surface area contributed by atoms with Crippen molar-refractivity contribution in [1.82, 2.24) is 14.9 Å². The van der Waals surface area contributed by atoms with Crippen molar-refractivity contribution in [3.63, 3.8) is 0 Å². The van der Waals surface area contributed by atoms with E-state index < -0.39 is 0 Å². The van der Waals surface area contributed by atoms with E-state index in [0.717, 1.165) is 5.52 Å². The van der Waals surface area contributed by atoms with Gasteiger partial charge in [0.05, 0.1) is 11.0 Å². The highest BCUT2D eigenvalue weighted by Gasteiger charge is 2.21. The first-order valence-corrected chi connectivity index (χ1v) is 7.84. The molecule has 1 heterocycles. The Morgan fingerprint density at radius 2 is 2.00 bits per heavy atom. The van der Waals surface area contributed by atoms with Crippen LogP contribution in [-0.2, 0) is 7.05 Å². The Hall–Kier alpha value is -1.35. The van der Waals surface area contributed by atoms with Crippen LogP contribution in [0.4, 0.5) is 0 Å². The zero-order valence-electron chi connectivity index (χ0n) is 12.8. The fourth-order valence-electron chi connectivity index (χ4n) is 3.40. The van der Waals surface area contributed by atoms with Crippen molar-refractivity contribution in [2.24, 2.45) is 7.05 Å². The summed E-state index contributed by atoms with van der Waals surface area (Å²) in [5.74, 6) is 1.94. The molecular weight excluding hydrogens is 246 g/mol. The van der Waals surface area contributed by atoms with Gasteiger partial charge in [-0.2, -0.15) is 0 Å². The highest BCUT2D eigenvalue weighted by Crippen LogP contribution is 2.33. The first-order valence-electron chi connectivity index (χ1n) is 7.84. The smallest absolute Gasteiger partial charge is 0.112 e. The molecular formula is C17H25N3. The summed E-state index contributed by atoms with van der Waals surface area (Å²) in [5, 5.41) is 3.30. The van der Waals surface area contributed by atoms with Gasteiger partial charge >= 0.3 is 0 Å². The average Bonchev–Trinajstić information content (AvgIpc) is 2.84. The molecule has 1 atom stereocenters. The van der Waals surface area contributed by atoms with E-state index in [4.69, 9.17) is 4.98 Å². The summed E-state index contributed by atoms with van der Waals surface area (Å²) in [6.07, 6.45) is 6.71. The lowest BCUT2D eigenvalue weighted by molar-refractivity contribution is 0.423. The lowest BCUT2D eigenvalue weighted by atomic mass is 9.89. The highest BCUT2D eigenvalue weighted by molar-refractivity contribution is 5.77. The molecule has 0 spiro atoms. The van der Waals surface area contributed by atoms with Gasteiger partial charge in [-0.25, -0.2) is 4.98 Å². The molecule has 3 heteroatoms. The molecule has 20 heavy (non-hydrogen) atoms. The Balaban J connectivity index is 2.00. The number of nitrogens with zero attached hydrogens (tertiary/aromatic N) is 2. The molecule has 108 valence electrons. The van der Waals surface area contributed by atoms with Crippen molar-refractivity contribution in [3.05, 3.63) is 29.6 Å². The lowest BCUT2D eigenvalue weighted by Crippen LogP contribution is -2.11. The first kappa shape index (κ1) is 13.6. The number of imidazole rings is 1. The maximum atomic E-state index is 4.95. The van der Waals surface area contributed by atoms with Crippen LogP contribution in [-0.4, -0.2) is 16.6 Å². The maximum Gasteiger partial charge on any atom is 0.112 e. The summed E-state index contributed by atoms with van der Waals surface area (Å²) in [6.45, 7) is 2.19. The average molecular weight is 271 g/mol. The Kier molecular flexibility index (Phi) is 3.79. The second-order valence-electron chi connectivity index (χ2n) is 6.12. The summed E-state index contributed by atoms with van der Waals surface area (Å²) in [7, 11) is 4.17. The molecule has 1 fully saturated rings. The summed E-state index contributed by atoms with van der Waals surface area (Å²) in [5.41, 5.74) is 3.72. The Labute approximate surface area is 121 Å². The van der Waals surface area contributed by atoms with E-state index in [1.54, 1.807) is 0 Å². The molecule has 1 unspecified atom stereocenters. The van der Waals surface area contributed by atoms with Crippen molar-refractivity contribution in [1.29, 1.82) is 0 Å². The van der Waals surface area contributed by atoms with E-state index in [9.17, 15) is 0 Å². The van der Waals surface area contributed by atoms with Gasteiger partial charge in [0.15, 0.2) is 0 Å². The van der Waals surface area contributed by atoms with Gasteiger partial charge in [0.1, 0.15) is 5.82 Å². The number of hydrogen-bond donors (Lipinski definition) is 1. The van der Waals surface area contributed by atoms with Crippen molar-refractivity contribution >= 4 is 11.0 Å². The van der Waals surface area contributed by atoms with Gasteiger partial charge in [-0.1, -0.05) is 25.3 Å². The van der Waals surface area contributed by atoms with E-state index >= 15 is 0 Å². The number of nitrogens with one attached hydrogen (secondary N) is 1. The van der Waals surface area contributed by atoms with Crippen molar-refractivity contribution < 1.29 is 0 Å². The SMILES string of the molecule is CNC(C)c1ccc2c(c1)nc(C1CCCCC1)n2C. The zero-order chi connectivity index (χ0) is 14.1. The molecule has 1 saturated carbocycles. The van der Waals surface area contributed by atoms with Crippen LogP contribution in [0.1, 0.15) is 62.4 Å². The summed E-state index contributed by atoms with van der Waals surface area (Å²) in [6, 6.07) is 7.05. The minimum Gasteiger partial charge on any atom is -0.331 e. The maximum absolute atomic E-state index is 4.95. The minimum absolute atomic E-state index is 0.375. The van der Waals surface area contributed by atoms with Crippen LogP contribution < -0.4 is 5.32 Å². The second kappa shape index (κ2) is 5.57. The summed E-state index contributed by atoms with van der Waals surface area (Å²) >= 11 is 0. The Morgan fingerprint density at radius 1 is 1.25 bits per heavy atom. The number of benzene rings is 1. The van der Waals surface area contributed by atoms with Crippen LogP contribution in [0.2, 0.25) is 0 Å². The van der Waals surface area contributed by atoms with Crippen LogP contribution in [0.3, 0.4) is 0 Å². The molecule has 0 saturated heterocycles. The number of rotatable bonds is 3. The molecule has 0 aliphatic heterocycles. The number of fused-ring (bicyclic) bond motifs is 1. The molecule has 0 radical (unpaired) electrons. The Morgan fingerprint density at radius 3 is 2.70 bits per heavy atom. The molecule has 3 rings (SSSR count). The lowest BCUT2D eigenvalue weighted by Gasteiger charge is -2.20.